The number of benzene rings is 1. The van der Waals surface area contributed by atoms with E-state index in [4.69, 9.17) is 5.73 Å². The second-order valence-corrected chi connectivity index (χ2v) is 4.08. The van der Waals surface area contributed by atoms with Crippen LogP contribution in [0.2, 0.25) is 0 Å². The van der Waals surface area contributed by atoms with Gasteiger partial charge in [-0.05, 0) is 19.1 Å². The highest BCUT2D eigenvalue weighted by Gasteiger charge is 2.16. The van der Waals surface area contributed by atoms with Crippen LogP contribution in [0.5, 0.6) is 0 Å². The van der Waals surface area contributed by atoms with Crippen LogP contribution in [0.25, 0.3) is 0 Å². The van der Waals surface area contributed by atoms with Crippen LogP contribution in [0.3, 0.4) is 0 Å². The summed E-state index contributed by atoms with van der Waals surface area (Å²) in [5.74, 6) is -2.51. The molecule has 19 heavy (non-hydrogen) atoms. The van der Waals surface area contributed by atoms with Crippen LogP contribution in [-0.4, -0.2) is 16.1 Å². The molecule has 1 unspecified atom stereocenters. The minimum absolute atomic E-state index is 0.125. The molecule has 1 atom stereocenters. The molecule has 1 heterocycles. The summed E-state index contributed by atoms with van der Waals surface area (Å²) >= 11 is 0. The van der Waals surface area contributed by atoms with Gasteiger partial charge in [-0.15, -0.1) is 0 Å². The molecule has 100 valence electrons. The van der Waals surface area contributed by atoms with E-state index in [9.17, 15) is 13.6 Å². The van der Waals surface area contributed by atoms with E-state index in [0.29, 0.717) is 0 Å². The number of aromatic amines is 1. The smallest absolute Gasteiger partial charge is 0.251 e. The molecule has 0 spiro atoms. The van der Waals surface area contributed by atoms with Crippen molar-refractivity contribution in [1.82, 2.24) is 15.5 Å². The van der Waals surface area contributed by atoms with Crippen molar-refractivity contribution in [2.24, 2.45) is 0 Å². The van der Waals surface area contributed by atoms with Gasteiger partial charge in [0.2, 0.25) is 0 Å². The Morgan fingerprint density at radius 3 is 2.58 bits per heavy atom. The molecule has 1 aromatic heterocycles. The molecule has 1 amide bonds. The zero-order valence-electron chi connectivity index (χ0n) is 10.1. The summed E-state index contributed by atoms with van der Waals surface area (Å²) in [5.41, 5.74) is 5.17. The lowest BCUT2D eigenvalue weighted by molar-refractivity contribution is 0.0939. The normalized spacial score (nSPS) is 12.2. The van der Waals surface area contributed by atoms with Gasteiger partial charge in [0.25, 0.3) is 5.91 Å². The first kappa shape index (κ1) is 13.0. The second kappa shape index (κ2) is 5.05. The number of hydrogen-bond donors (Lipinski definition) is 3. The number of halogens is 2. The molecule has 0 radical (unpaired) electrons. The topological polar surface area (TPSA) is 83.8 Å². The van der Waals surface area contributed by atoms with Crippen LogP contribution in [0.1, 0.15) is 28.9 Å². The Hall–Kier alpha value is -2.44. The number of anilines is 1. The lowest BCUT2D eigenvalue weighted by atomic mass is 10.1. The monoisotopic (exact) mass is 266 g/mol. The van der Waals surface area contributed by atoms with Crippen LogP contribution >= 0.6 is 0 Å². The van der Waals surface area contributed by atoms with Crippen molar-refractivity contribution in [1.29, 1.82) is 0 Å². The van der Waals surface area contributed by atoms with Crippen molar-refractivity contribution in [3.8, 4) is 0 Å². The first-order chi connectivity index (χ1) is 8.99. The Bertz CT molecular complexity index is 575. The minimum Gasteiger partial charge on any atom is -0.394 e. The number of aromatic nitrogens is 2. The highest BCUT2D eigenvalue weighted by Crippen LogP contribution is 2.18. The van der Waals surface area contributed by atoms with Crippen molar-refractivity contribution in [2.75, 3.05) is 5.73 Å². The van der Waals surface area contributed by atoms with E-state index in [1.165, 1.54) is 0 Å². The molecular formula is C12H12F2N4O. The Morgan fingerprint density at radius 2 is 2.05 bits per heavy atom. The number of nitrogens with zero attached hydrogens (tertiary/aromatic N) is 1. The summed E-state index contributed by atoms with van der Waals surface area (Å²) in [6.45, 7) is 1.73. The Kier molecular flexibility index (Phi) is 3.46. The maximum atomic E-state index is 13.3. The second-order valence-electron chi connectivity index (χ2n) is 4.08. The van der Waals surface area contributed by atoms with E-state index in [2.05, 4.69) is 15.5 Å². The molecule has 0 aliphatic heterocycles. The third-order valence-electron chi connectivity index (χ3n) is 2.71. The summed E-state index contributed by atoms with van der Waals surface area (Å²) in [7, 11) is 0. The van der Waals surface area contributed by atoms with E-state index >= 15 is 0 Å². The summed E-state index contributed by atoms with van der Waals surface area (Å²) in [6, 6.07) is 1.46. The molecule has 0 saturated carbocycles. The lowest BCUT2D eigenvalue weighted by Crippen LogP contribution is -2.26. The number of nitrogen functional groups attached to an aromatic ring is 1. The summed E-state index contributed by atoms with van der Waals surface area (Å²) < 4.78 is 26.5. The Morgan fingerprint density at radius 1 is 1.42 bits per heavy atom. The average molecular weight is 266 g/mol. The molecule has 1 aromatic carbocycles. The largest absolute Gasteiger partial charge is 0.394 e. The van der Waals surface area contributed by atoms with E-state index in [1.54, 1.807) is 19.3 Å². The molecule has 2 rings (SSSR count). The molecule has 0 bridgehead atoms. The number of H-pyrrole nitrogens is 1. The Balaban J connectivity index is 2.16. The molecule has 0 aliphatic carbocycles. The lowest BCUT2D eigenvalue weighted by Gasteiger charge is -2.12. The zero-order chi connectivity index (χ0) is 14.0. The number of hydrogen-bond acceptors (Lipinski definition) is 3. The van der Waals surface area contributed by atoms with Crippen LogP contribution in [0.4, 0.5) is 14.5 Å². The van der Waals surface area contributed by atoms with E-state index in [0.717, 1.165) is 17.7 Å². The molecule has 0 saturated heterocycles. The van der Waals surface area contributed by atoms with Gasteiger partial charge in [-0.25, -0.2) is 8.78 Å². The third kappa shape index (κ3) is 2.70. The fourth-order valence-corrected chi connectivity index (χ4v) is 1.58. The highest BCUT2D eigenvalue weighted by molar-refractivity contribution is 5.94. The summed E-state index contributed by atoms with van der Waals surface area (Å²) in [6.07, 6.45) is 3.17. The van der Waals surface area contributed by atoms with Gasteiger partial charge in [-0.3, -0.25) is 9.89 Å². The van der Waals surface area contributed by atoms with Gasteiger partial charge in [-0.2, -0.15) is 5.10 Å². The summed E-state index contributed by atoms with van der Waals surface area (Å²) in [5, 5.41) is 8.96. The van der Waals surface area contributed by atoms with Crippen LogP contribution in [0, 0.1) is 11.6 Å². The van der Waals surface area contributed by atoms with Gasteiger partial charge in [0.05, 0.1) is 12.2 Å². The van der Waals surface area contributed by atoms with Crippen molar-refractivity contribution in [2.45, 2.75) is 13.0 Å². The van der Waals surface area contributed by atoms with Gasteiger partial charge in [0.1, 0.15) is 17.3 Å². The molecule has 2 aromatic rings. The maximum Gasteiger partial charge on any atom is 0.251 e. The van der Waals surface area contributed by atoms with E-state index in [-0.39, 0.29) is 11.6 Å². The number of rotatable bonds is 3. The standard InChI is InChI=1S/C12H12F2N4O/c1-6(8-4-16-17-5-8)18-12(19)7-2-9(13)11(15)10(14)3-7/h2-6H,15H2,1H3,(H,16,17)(H,18,19). The zero-order valence-corrected chi connectivity index (χ0v) is 10.1. The number of carbonyl (C=O) groups excluding carboxylic acids is 1. The molecule has 0 fully saturated rings. The summed E-state index contributed by atoms with van der Waals surface area (Å²) in [4.78, 5) is 11.9. The number of carbonyl (C=O) groups is 1. The fourth-order valence-electron chi connectivity index (χ4n) is 1.58. The number of nitrogens with two attached hydrogens (primary N) is 1. The minimum atomic E-state index is -0.957. The van der Waals surface area contributed by atoms with Gasteiger partial charge in [0, 0.05) is 17.3 Å². The van der Waals surface area contributed by atoms with Crippen LogP contribution in [-0.2, 0) is 0 Å². The van der Waals surface area contributed by atoms with Gasteiger partial charge < -0.3 is 11.1 Å². The van der Waals surface area contributed by atoms with Crippen LogP contribution in [0.15, 0.2) is 24.5 Å². The average Bonchev–Trinajstić information content (AvgIpc) is 2.89. The van der Waals surface area contributed by atoms with Gasteiger partial charge in [-0.1, -0.05) is 0 Å². The van der Waals surface area contributed by atoms with Crippen molar-refractivity contribution in [3.63, 3.8) is 0 Å². The van der Waals surface area contributed by atoms with Gasteiger partial charge in [0.15, 0.2) is 0 Å². The molecule has 0 aliphatic rings. The molecule has 4 N–H and O–H groups in total. The van der Waals surface area contributed by atoms with E-state index < -0.39 is 23.2 Å². The van der Waals surface area contributed by atoms with Crippen molar-refractivity contribution < 1.29 is 13.6 Å². The fraction of sp³-hybridized carbons (Fsp3) is 0.167. The predicted molar refractivity (Wildman–Crippen MR) is 65.2 cm³/mol. The van der Waals surface area contributed by atoms with Crippen LogP contribution < -0.4 is 11.1 Å². The predicted octanol–water partition coefficient (Wildman–Crippen LogP) is 1.76. The first-order valence-electron chi connectivity index (χ1n) is 5.53. The Labute approximate surface area is 107 Å². The van der Waals surface area contributed by atoms with E-state index in [1.807, 2.05) is 0 Å². The van der Waals surface area contributed by atoms with Crippen molar-refractivity contribution in [3.05, 3.63) is 47.3 Å². The highest BCUT2D eigenvalue weighted by atomic mass is 19.1. The first-order valence-corrected chi connectivity index (χ1v) is 5.53. The molecular weight excluding hydrogens is 254 g/mol. The maximum absolute atomic E-state index is 13.3. The molecule has 5 nitrogen and oxygen atoms in total. The molecule has 7 heteroatoms. The quantitative estimate of drug-likeness (QED) is 0.740. The van der Waals surface area contributed by atoms with Crippen molar-refractivity contribution >= 4 is 11.6 Å². The SMILES string of the molecule is CC(NC(=O)c1cc(F)c(N)c(F)c1)c1cn[nH]c1. The number of amides is 1. The third-order valence-corrected chi connectivity index (χ3v) is 2.71. The number of nitrogens with one attached hydrogen (secondary N) is 2. The van der Waals surface area contributed by atoms with Gasteiger partial charge >= 0.3 is 0 Å².